The van der Waals surface area contributed by atoms with E-state index < -0.39 is 0 Å². The summed E-state index contributed by atoms with van der Waals surface area (Å²) in [7, 11) is 3.38. The van der Waals surface area contributed by atoms with Gasteiger partial charge in [0.05, 0.1) is 17.4 Å². The molecular formula is C26H30ClN6O2+. The van der Waals surface area contributed by atoms with E-state index in [-0.39, 0.29) is 5.91 Å². The van der Waals surface area contributed by atoms with Crippen LogP contribution in [0.5, 0.6) is 0 Å². The molecule has 1 aliphatic heterocycles. The number of ether oxygens (including phenoxy) is 1. The molecule has 8 nitrogen and oxygen atoms in total. The van der Waals surface area contributed by atoms with Crippen LogP contribution in [0.3, 0.4) is 0 Å². The molecule has 182 valence electrons. The summed E-state index contributed by atoms with van der Waals surface area (Å²) in [6.07, 6.45) is 8.42. The Morgan fingerprint density at radius 2 is 2.06 bits per heavy atom. The van der Waals surface area contributed by atoms with E-state index in [0.29, 0.717) is 40.0 Å². The number of halogens is 1. The highest BCUT2D eigenvalue weighted by atomic mass is 35.5. The number of nitrogens with zero attached hydrogens (tertiary/aromatic N) is 3. The first kappa shape index (κ1) is 23.5. The van der Waals surface area contributed by atoms with E-state index in [4.69, 9.17) is 16.3 Å². The molecular weight excluding hydrogens is 464 g/mol. The third-order valence-corrected chi connectivity index (χ3v) is 7.41. The number of nitrogens with one attached hydrogen (secondary N) is 3. The van der Waals surface area contributed by atoms with Gasteiger partial charge in [-0.25, -0.2) is 4.98 Å². The third-order valence-electron chi connectivity index (χ3n) is 7.13. The highest BCUT2D eigenvalue weighted by Gasteiger charge is 2.47. The molecule has 35 heavy (non-hydrogen) atoms. The number of pyridine rings is 1. The van der Waals surface area contributed by atoms with Crippen LogP contribution in [0.15, 0.2) is 48.8 Å². The molecule has 0 spiro atoms. The maximum absolute atomic E-state index is 12.2. The van der Waals surface area contributed by atoms with Crippen molar-refractivity contribution in [2.45, 2.75) is 31.7 Å². The Labute approximate surface area is 210 Å². The van der Waals surface area contributed by atoms with E-state index in [9.17, 15) is 4.79 Å². The molecule has 3 atom stereocenters. The Balaban J connectivity index is 1.37. The number of aromatic nitrogens is 3. The molecule has 5 rings (SSSR count). The van der Waals surface area contributed by atoms with Crippen molar-refractivity contribution in [3.05, 3.63) is 65.1 Å². The van der Waals surface area contributed by atoms with Crippen LogP contribution in [0.1, 0.15) is 41.4 Å². The summed E-state index contributed by atoms with van der Waals surface area (Å²) < 4.78 is 7.80. The summed E-state index contributed by atoms with van der Waals surface area (Å²) in [5, 5.41) is 9.52. The highest BCUT2D eigenvalue weighted by molar-refractivity contribution is 6.33. The minimum absolute atomic E-state index is 0.194. The van der Waals surface area contributed by atoms with Gasteiger partial charge in [0.2, 0.25) is 5.95 Å². The highest BCUT2D eigenvalue weighted by Crippen LogP contribution is 2.44. The second-order valence-electron chi connectivity index (χ2n) is 9.14. The molecule has 3 unspecified atom stereocenters. The van der Waals surface area contributed by atoms with Gasteiger partial charge in [0.1, 0.15) is 10.7 Å². The van der Waals surface area contributed by atoms with Crippen molar-refractivity contribution in [3.63, 3.8) is 0 Å². The lowest BCUT2D eigenvalue weighted by Crippen LogP contribution is -2.49. The molecule has 3 aromatic rings. The monoisotopic (exact) mass is 493 g/mol. The normalized spacial score (nSPS) is 20.3. The van der Waals surface area contributed by atoms with Crippen LogP contribution in [0.2, 0.25) is 5.02 Å². The predicted octanol–water partition coefficient (Wildman–Crippen LogP) is 4.42. The lowest BCUT2D eigenvalue weighted by atomic mass is 9.84. The van der Waals surface area contributed by atoms with Gasteiger partial charge in [0, 0.05) is 45.6 Å². The average molecular weight is 494 g/mol. The summed E-state index contributed by atoms with van der Waals surface area (Å²) in [6, 6.07) is 12.0. The molecule has 2 bridgehead atoms. The minimum Gasteiger partial charge on any atom is -0.385 e. The smallest absolute Gasteiger partial charge is 0.253 e. The first-order valence-corrected chi connectivity index (χ1v) is 12.4. The van der Waals surface area contributed by atoms with Gasteiger partial charge in [0.15, 0.2) is 23.8 Å². The van der Waals surface area contributed by atoms with Crippen LogP contribution in [0.25, 0.3) is 0 Å². The molecule has 3 N–H and O–H groups in total. The number of benzene rings is 1. The molecule has 3 heterocycles. The fourth-order valence-electron chi connectivity index (χ4n) is 5.48. The number of anilines is 4. The number of hydrogen-bond acceptors (Lipinski definition) is 6. The van der Waals surface area contributed by atoms with Crippen molar-refractivity contribution >= 4 is 40.6 Å². The zero-order valence-corrected chi connectivity index (χ0v) is 20.7. The van der Waals surface area contributed by atoms with Gasteiger partial charge in [-0.3, -0.25) is 4.79 Å². The van der Waals surface area contributed by atoms with Crippen molar-refractivity contribution in [2.75, 3.05) is 31.4 Å². The summed E-state index contributed by atoms with van der Waals surface area (Å²) >= 11 is 6.38. The Bertz CT molecular complexity index is 1240. The quantitative estimate of drug-likeness (QED) is 0.402. The SMILES string of the molecule is CNC(=O)c1ccccc1Nc1nc(Nc2ccc3[n+](c2)C2CCC(C3)C2CCOC)ncc1Cl. The fourth-order valence-corrected chi connectivity index (χ4v) is 5.62. The summed E-state index contributed by atoms with van der Waals surface area (Å²) in [5.74, 6) is 2.06. The second-order valence-corrected chi connectivity index (χ2v) is 9.54. The van der Waals surface area contributed by atoms with Crippen LogP contribution in [-0.4, -0.2) is 36.6 Å². The number of hydrogen-bond donors (Lipinski definition) is 3. The molecule has 1 saturated carbocycles. The predicted molar refractivity (Wildman–Crippen MR) is 136 cm³/mol. The molecule has 1 aromatic carbocycles. The van der Waals surface area contributed by atoms with Gasteiger partial charge in [-0.1, -0.05) is 23.7 Å². The van der Waals surface area contributed by atoms with E-state index in [0.717, 1.165) is 31.1 Å². The standard InChI is InChI=1S/C26H29ClN6O2/c1-28-25(34)20-5-3-4-6-22(20)31-24-21(27)14-29-26(32-24)30-17-8-9-18-13-16-7-10-23(33(18)15-17)19(16)11-12-35-2/h3-6,8-9,14-16,19,23H,7,10-13H2,1-2H3,(H2-,28,29,30,31,32,34)/p+1. The maximum atomic E-state index is 12.2. The van der Waals surface area contributed by atoms with Crippen molar-refractivity contribution < 1.29 is 14.1 Å². The van der Waals surface area contributed by atoms with Crippen LogP contribution in [0, 0.1) is 11.8 Å². The molecule has 0 radical (unpaired) electrons. The minimum atomic E-state index is -0.194. The van der Waals surface area contributed by atoms with E-state index in [1.165, 1.54) is 18.5 Å². The summed E-state index contributed by atoms with van der Waals surface area (Å²) in [6.45, 7) is 0.808. The number of amides is 1. The van der Waals surface area contributed by atoms with Gasteiger partial charge in [0.25, 0.3) is 5.91 Å². The van der Waals surface area contributed by atoms with Crippen LogP contribution in [-0.2, 0) is 11.2 Å². The van der Waals surface area contributed by atoms with E-state index in [1.807, 2.05) is 18.2 Å². The van der Waals surface area contributed by atoms with Crippen molar-refractivity contribution in [2.24, 2.45) is 11.8 Å². The second kappa shape index (κ2) is 10.2. The zero-order valence-electron chi connectivity index (χ0n) is 19.9. The lowest BCUT2D eigenvalue weighted by Gasteiger charge is -2.27. The Morgan fingerprint density at radius 3 is 2.89 bits per heavy atom. The van der Waals surface area contributed by atoms with Gasteiger partial charge in [-0.15, -0.1) is 0 Å². The van der Waals surface area contributed by atoms with Crippen molar-refractivity contribution in [3.8, 4) is 0 Å². The molecule has 1 aliphatic carbocycles. The number of carbonyl (C=O) groups excluding carboxylic acids is 1. The zero-order chi connectivity index (χ0) is 24.4. The fraction of sp³-hybridized carbons (Fsp3) is 0.385. The van der Waals surface area contributed by atoms with E-state index in [1.54, 1.807) is 26.4 Å². The largest absolute Gasteiger partial charge is 0.385 e. The van der Waals surface area contributed by atoms with Gasteiger partial charge in [-0.05, 0) is 37.0 Å². The number of para-hydroxylation sites is 1. The average Bonchev–Trinajstić information content (AvgIpc) is 3.17. The number of fused-ring (bicyclic) bond motifs is 4. The molecule has 1 fully saturated rings. The topological polar surface area (TPSA) is 92.0 Å². The van der Waals surface area contributed by atoms with E-state index >= 15 is 0 Å². The lowest BCUT2D eigenvalue weighted by molar-refractivity contribution is -0.739. The molecule has 2 aromatic heterocycles. The van der Waals surface area contributed by atoms with Gasteiger partial charge >= 0.3 is 0 Å². The molecule has 1 amide bonds. The third kappa shape index (κ3) is 4.81. The summed E-state index contributed by atoms with van der Waals surface area (Å²) in [5.41, 5.74) is 3.41. The number of carbonyl (C=O) groups is 1. The Morgan fingerprint density at radius 1 is 1.20 bits per heavy atom. The van der Waals surface area contributed by atoms with Crippen molar-refractivity contribution in [1.82, 2.24) is 15.3 Å². The number of methoxy groups -OCH3 is 1. The Hall–Kier alpha value is -3.23. The van der Waals surface area contributed by atoms with Gasteiger partial charge in [-0.2, -0.15) is 9.55 Å². The molecule has 2 aliphatic rings. The van der Waals surface area contributed by atoms with E-state index in [2.05, 4.69) is 48.8 Å². The molecule has 9 heteroatoms. The van der Waals surface area contributed by atoms with Gasteiger partial charge < -0.3 is 20.7 Å². The first-order chi connectivity index (χ1) is 17.1. The van der Waals surface area contributed by atoms with Crippen LogP contribution in [0.4, 0.5) is 23.1 Å². The van der Waals surface area contributed by atoms with Crippen molar-refractivity contribution in [1.29, 1.82) is 0 Å². The molecule has 0 saturated heterocycles. The first-order valence-electron chi connectivity index (χ1n) is 12.0. The van der Waals surface area contributed by atoms with Crippen LogP contribution < -0.4 is 20.5 Å². The summed E-state index contributed by atoms with van der Waals surface area (Å²) in [4.78, 5) is 21.2. The maximum Gasteiger partial charge on any atom is 0.253 e. The number of rotatable bonds is 8. The van der Waals surface area contributed by atoms with Crippen LogP contribution >= 0.6 is 11.6 Å². The Kier molecular flexibility index (Phi) is 6.83.